The third-order valence-electron chi connectivity index (χ3n) is 6.84. The van der Waals surface area contributed by atoms with Gasteiger partial charge in [-0.1, -0.05) is 123 Å². The summed E-state index contributed by atoms with van der Waals surface area (Å²) in [6.07, 6.45) is 0. The third kappa shape index (κ3) is 7.27. The zero-order chi connectivity index (χ0) is 23.9. The second-order valence-corrected chi connectivity index (χ2v) is 14.3. The summed E-state index contributed by atoms with van der Waals surface area (Å²) in [5.74, 6) is 0.517. The molecule has 0 aliphatic heterocycles. The van der Waals surface area contributed by atoms with Crippen LogP contribution in [0.2, 0.25) is 0 Å². The first-order valence-corrected chi connectivity index (χ1v) is 14.1. The van der Waals surface area contributed by atoms with Crippen LogP contribution in [0.15, 0.2) is 72.8 Å². The molecular weight excluding hydrogens is 567 g/mol. The second kappa shape index (κ2) is 14.3. The predicted molar refractivity (Wildman–Crippen MR) is 148 cm³/mol. The Balaban J connectivity index is 0.00000324. The van der Waals surface area contributed by atoms with Gasteiger partial charge in [0, 0.05) is 0 Å². The molecule has 5 heteroatoms. The Morgan fingerprint density at radius 2 is 0.838 bits per heavy atom. The van der Waals surface area contributed by atoms with Crippen LogP contribution >= 0.6 is 0 Å². The Hall–Kier alpha value is -1.19. The van der Waals surface area contributed by atoms with Crippen LogP contribution in [0, 0.1) is 41.5 Å². The summed E-state index contributed by atoms with van der Waals surface area (Å²) in [6.45, 7) is 18.0. The molecule has 0 bridgehead atoms. The van der Waals surface area contributed by atoms with Crippen molar-refractivity contribution in [3.05, 3.63) is 112 Å². The minimum atomic E-state index is -2.51. The Bertz CT molecular complexity index is 1140. The quantitative estimate of drug-likeness (QED) is 0.128. The average Bonchev–Trinajstić information content (AvgIpc) is 3.17. The van der Waals surface area contributed by atoms with Crippen molar-refractivity contribution in [3.63, 3.8) is 0 Å². The van der Waals surface area contributed by atoms with Crippen LogP contribution < -0.4 is 58.0 Å². The number of hydrogen-bond donors (Lipinski definition) is 0. The minimum Gasteiger partial charge on any atom is -1.00 e. The van der Waals surface area contributed by atoms with Gasteiger partial charge in [0.1, 0.15) is 8.07 Å². The Morgan fingerprint density at radius 3 is 1.08 bits per heavy atom. The van der Waals surface area contributed by atoms with Gasteiger partial charge in [-0.25, -0.2) is 6.07 Å². The summed E-state index contributed by atoms with van der Waals surface area (Å²) >= 11 is 0. The molecule has 4 aromatic carbocycles. The van der Waals surface area contributed by atoms with Crippen molar-refractivity contribution in [1.29, 1.82) is 0 Å². The van der Waals surface area contributed by atoms with Crippen LogP contribution in [0.5, 0.6) is 0 Å². The van der Waals surface area contributed by atoms with E-state index in [4.69, 9.17) is 0 Å². The molecule has 0 amide bonds. The number of benzene rings is 3. The number of halogens is 3. The van der Waals surface area contributed by atoms with E-state index in [1.165, 1.54) is 59.7 Å². The molecule has 0 unspecified atom stereocenters. The van der Waals surface area contributed by atoms with Gasteiger partial charge < -0.3 is 37.2 Å². The maximum absolute atomic E-state index is 2.51. The van der Waals surface area contributed by atoms with Gasteiger partial charge in [0.05, 0.1) is 0 Å². The van der Waals surface area contributed by atoms with Crippen molar-refractivity contribution in [2.45, 2.75) is 61.3 Å². The molecule has 4 rings (SSSR count). The molecule has 194 valence electrons. The average molecular weight is 604 g/mol. The van der Waals surface area contributed by atoms with E-state index in [1.807, 2.05) is 0 Å². The van der Waals surface area contributed by atoms with Gasteiger partial charge in [-0.15, -0.1) is 5.19 Å². The van der Waals surface area contributed by atoms with Crippen LogP contribution in [0.3, 0.4) is 0 Å². The van der Waals surface area contributed by atoms with Crippen LogP contribution in [-0.2, 0) is 21.7 Å². The summed E-state index contributed by atoms with van der Waals surface area (Å²) in [4.78, 5) is 0. The molecule has 0 N–H and O–H groups in total. The number of aryl methyl sites for hydroxylation is 6. The van der Waals surface area contributed by atoms with Crippen molar-refractivity contribution in [1.82, 2.24) is 0 Å². The monoisotopic (exact) mass is 602 g/mol. The van der Waals surface area contributed by atoms with Gasteiger partial charge in [-0.3, -0.25) is 0 Å². The molecule has 0 saturated heterocycles. The van der Waals surface area contributed by atoms with E-state index in [0.29, 0.717) is 5.92 Å². The van der Waals surface area contributed by atoms with Gasteiger partial charge in [-0.05, 0) is 41.5 Å². The first-order chi connectivity index (χ1) is 15.6. The molecule has 0 heterocycles. The second-order valence-electron chi connectivity index (χ2n) is 10.5. The van der Waals surface area contributed by atoms with Crippen LogP contribution in [-0.4, -0.2) is 8.07 Å². The zero-order valence-electron chi connectivity index (χ0n) is 23.1. The van der Waals surface area contributed by atoms with Crippen LogP contribution in [0.1, 0.15) is 58.7 Å². The summed E-state index contributed by atoms with van der Waals surface area (Å²) in [5, 5.41) is 5.94. The summed E-state index contributed by atoms with van der Waals surface area (Å²) in [7, 11) is -2.51. The molecule has 0 spiro atoms. The van der Waals surface area contributed by atoms with Crippen LogP contribution in [0.25, 0.3) is 0 Å². The first-order valence-electron chi connectivity index (χ1n) is 12.1. The standard InChI is InChI=1S/C32H37Si.3ClH.Ti/c1-21(2)28-9-10-29(20-28)33(30-14-22(3)11-23(4)15-30,31-16-24(5)12-25(6)17-31)32-18-26(7)13-27(8)19-32;;;;/h9-21H,1-8H3;3*1H;/q-1;;;;+4/p-3. The van der Waals surface area contributed by atoms with E-state index in [9.17, 15) is 0 Å². The molecule has 37 heavy (non-hydrogen) atoms. The Kier molecular flexibility index (Phi) is 13.8. The summed E-state index contributed by atoms with van der Waals surface area (Å²) < 4.78 is 0. The number of rotatable bonds is 5. The molecule has 0 aliphatic rings. The SMILES string of the molecule is Cc1cc(C)cc([Si](c2cc(C)cc(C)c2)(c2cc(C)cc(C)c2)[c-]2ccc(C(C)C)c2)c1.[Cl-].[Cl-].[Cl-].[Ti+4]. The van der Waals surface area contributed by atoms with E-state index >= 15 is 0 Å². The molecule has 0 aliphatic carbocycles. The van der Waals surface area contributed by atoms with Gasteiger partial charge >= 0.3 is 21.7 Å². The molecule has 0 saturated carbocycles. The topological polar surface area (TPSA) is 0 Å². The van der Waals surface area contributed by atoms with Crippen molar-refractivity contribution in [2.75, 3.05) is 0 Å². The largest absolute Gasteiger partial charge is 4.00 e. The molecular formula is C32H37Cl3SiTi. The fourth-order valence-electron chi connectivity index (χ4n) is 5.63. The van der Waals surface area contributed by atoms with Crippen molar-refractivity contribution >= 4 is 28.8 Å². The van der Waals surface area contributed by atoms with Crippen molar-refractivity contribution < 1.29 is 58.9 Å². The fraction of sp³-hybridized carbons (Fsp3) is 0.281. The van der Waals surface area contributed by atoms with Gasteiger partial charge in [0.25, 0.3) is 0 Å². The number of hydrogen-bond acceptors (Lipinski definition) is 0. The van der Waals surface area contributed by atoms with E-state index in [2.05, 4.69) is 128 Å². The van der Waals surface area contributed by atoms with Gasteiger partial charge in [0.2, 0.25) is 0 Å². The van der Waals surface area contributed by atoms with Crippen LogP contribution in [0.4, 0.5) is 0 Å². The molecule has 0 nitrogen and oxygen atoms in total. The molecule has 0 fully saturated rings. The normalized spacial score (nSPS) is 10.6. The van der Waals surface area contributed by atoms with E-state index in [1.54, 1.807) is 0 Å². The maximum Gasteiger partial charge on any atom is 4.00 e. The summed E-state index contributed by atoms with van der Waals surface area (Å²) in [6, 6.07) is 28.9. The smallest absolute Gasteiger partial charge is 1.00 e. The van der Waals surface area contributed by atoms with E-state index < -0.39 is 8.07 Å². The first kappa shape index (κ1) is 35.8. The molecule has 0 atom stereocenters. The Morgan fingerprint density at radius 1 is 0.541 bits per heavy atom. The molecule has 0 aromatic heterocycles. The molecule has 0 radical (unpaired) electrons. The van der Waals surface area contributed by atoms with E-state index in [-0.39, 0.29) is 58.9 Å². The third-order valence-corrected chi connectivity index (χ3v) is 11.5. The summed E-state index contributed by atoms with van der Waals surface area (Å²) in [5.41, 5.74) is 9.47. The van der Waals surface area contributed by atoms with Crippen molar-refractivity contribution in [3.8, 4) is 0 Å². The fourth-order valence-corrected chi connectivity index (χ4v) is 11.0. The van der Waals surface area contributed by atoms with Gasteiger partial charge in [0.15, 0.2) is 0 Å². The predicted octanol–water partition coefficient (Wildman–Crippen LogP) is -3.23. The van der Waals surface area contributed by atoms with Gasteiger partial charge in [-0.2, -0.15) is 17.7 Å². The maximum atomic E-state index is 2.50. The zero-order valence-corrected chi connectivity index (χ0v) is 28.0. The molecule has 4 aromatic rings. The van der Waals surface area contributed by atoms with Crippen molar-refractivity contribution in [2.24, 2.45) is 0 Å². The Labute approximate surface area is 259 Å². The van der Waals surface area contributed by atoms with E-state index in [0.717, 1.165) is 0 Å². The minimum absolute atomic E-state index is 0.